The molecule has 24 heavy (non-hydrogen) atoms. The lowest BCUT2D eigenvalue weighted by Crippen LogP contribution is -2.17. The van der Waals surface area contributed by atoms with E-state index in [-0.39, 0.29) is 29.0 Å². The van der Waals surface area contributed by atoms with Crippen molar-refractivity contribution in [1.29, 1.82) is 0 Å². The third-order valence-corrected chi connectivity index (χ3v) is 2.86. The highest BCUT2D eigenvalue weighted by atomic mass is 19.4. The van der Waals surface area contributed by atoms with E-state index >= 15 is 0 Å². The van der Waals surface area contributed by atoms with Gasteiger partial charge < -0.3 is 4.74 Å². The highest BCUT2D eigenvalue weighted by molar-refractivity contribution is 5.80. The van der Waals surface area contributed by atoms with Gasteiger partial charge in [0.1, 0.15) is 17.9 Å². The molecule has 0 saturated carbocycles. The van der Waals surface area contributed by atoms with E-state index in [9.17, 15) is 35.5 Å². The van der Waals surface area contributed by atoms with Crippen LogP contribution in [0.3, 0.4) is 0 Å². The second kappa shape index (κ2) is 6.14. The van der Waals surface area contributed by atoms with Crippen molar-refractivity contribution < 1.29 is 40.3 Å². The van der Waals surface area contributed by atoms with Gasteiger partial charge in [0.05, 0.1) is 5.56 Å². The monoisotopic (exact) mass is 352 g/mol. The molecule has 0 amide bonds. The molecular weight excluding hydrogens is 345 g/mol. The standard InChI is InChI=1S/C15H7F7O2/c16-12-4-10(3-11(6-12)14(17,18)19)9-1-8(7-23)2-13(5-9)24-15(20,21)22/h1-7H. The Morgan fingerprint density at radius 2 is 1.46 bits per heavy atom. The van der Waals surface area contributed by atoms with E-state index < -0.39 is 29.7 Å². The Labute approximate surface area is 130 Å². The van der Waals surface area contributed by atoms with Crippen molar-refractivity contribution in [3.63, 3.8) is 0 Å². The molecule has 2 rings (SSSR count). The van der Waals surface area contributed by atoms with Crippen molar-refractivity contribution in [2.75, 3.05) is 0 Å². The molecule has 2 aromatic rings. The smallest absolute Gasteiger partial charge is 0.406 e. The first kappa shape index (κ1) is 17.8. The predicted octanol–water partition coefficient (Wildman–Crippen LogP) is 5.22. The molecule has 2 aromatic carbocycles. The number of hydrogen-bond acceptors (Lipinski definition) is 2. The second-order valence-electron chi connectivity index (χ2n) is 4.68. The maximum Gasteiger partial charge on any atom is 0.573 e. The van der Waals surface area contributed by atoms with Crippen molar-refractivity contribution in [2.45, 2.75) is 12.5 Å². The Balaban J connectivity index is 2.57. The summed E-state index contributed by atoms with van der Waals surface area (Å²) in [6, 6.07) is 4.05. The summed E-state index contributed by atoms with van der Waals surface area (Å²) in [5.41, 5.74) is -2.17. The quantitative estimate of drug-likeness (QED) is 0.559. The van der Waals surface area contributed by atoms with Crippen LogP contribution in [0.2, 0.25) is 0 Å². The van der Waals surface area contributed by atoms with Crippen molar-refractivity contribution in [2.24, 2.45) is 0 Å². The van der Waals surface area contributed by atoms with Gasteiger partial charge in [-0.25, -0.2) is 4.39 Å². The maximum atomic E-state index is 13.4. The molecule has 0 N–H and O–H groups in total. The number of benzene rings is 2. The minimum atomic E-state index is -5.06. The third-order valence-electron chi connectivity index (χ3n) is 2.86. The topological polar surface area (TPSA) is 26.3 Å². The van der Waals surface area contributed by atoms with Gasteiger partial charge in [0, 0.05) is 5.56 Å². The number of carbonyl (C=O) groups is 1. The Kier molecular flexibility index (Phi) is 4.54. The first-order valence-electron chi connectivity index (χ1n) is 6.22. The number of ether oxygens (including phenoxy) is 1. The van der Waals surface area contributed by atoms with Crippen LogP contribution in [0, 0.1) is 5.82 Å². The summed E-state index contributed by atoms with van der Waals surface area (Å²) >= 11 is 0. The fourth-order valence-electron chi connectivity index (χ4n) is 1.97. The van der Waals surface area contributed by atoms with Gasteiger partial charge in [-0.05, 0) is 47.5 Å². The summed E-state index contributed by atoms with van der Waals surface area (Å²) in [5, 5.41) is 0. The SMILES string of the molecule is O=Cc1cc(OC(F)(F)F)cc(-c2cc(F)cc(C(F)(F)F)c2)c1. The van der Waals surface area contributed by atoms with E-state index in [1.807, 2.05) is 0 Å². The van der Waals surface area contributed by atoms with Crippen LogP contribution in [0.1, 0.15) is 15.9 Å². The van der Waals surface area contributed by atoms with Gasteiger partial charge in [0.25, 0.3) is 0 Å². The number of aldehydes is 1. The first-order chi connectivity index (χ1) is 11.0. The average molecular weight is 352 g/mol. The molecule has 0 radical (unpaired) electrons. The van der Waals surface area contributed by atoms with E-state index in [0.29, 0.717) is 12.1 Å². The van der Waals surface area contributed by atoms with Crippen LogP contribution in [0.15, 0.2) is 36.4 Å². The van der Waals surface area contributed by atoms with Crippen molar-refractivity contribution in [1.82, 2.24) is 0 Å². The zero-order valence-electron chi connectivity index (χ0n) is 11.5. The minimum absolute atomic E-state index is 0.191. The Hall–Kier alpha value is -2.58. The summed E-state index contributed by atoms with van der Waals surface area (Å²) in [6.07, 6.45) is -9.71. The summed E-state index contributed by atoms with van der Waals surface area (Å²) in [7, 11) is 0. The van der Waals surface area contributed by atoms with Crippen LogP contribution < -0.4 is 4.74 Å². The van der Waals surface area contributed by atoms with Crippen molar-refractivity contribution in [3.8, 4) is 16.9 Å². The molecule has 0 heterocycles. The number of carbonyl (C=O) groups excluding carboxylic acids is 1. The molecule has 128 valence electrons. The maximum absolute atomic E-state index is 13.4. The van der Waals surface area contributed by atoms with E-state index in [1.165, 1.54) is 0 Å². The van der Waals surface area contributed by atoms with Gasteiger partial charge in [-0.3, -0.25) is 4.79 Å². The first-order valence-corrected chi connectivity index (χ1v) is 6.22. The number of hydrogen-bond donors (Lipinski definition) is 0. The van der Waals surface area contributed by atoms with Gasteiger partial charge in [-0.1, -0.05) is 0 Å². The molecule has 0 aromatic heterocycles. The lowest BCUT2D eigenvalue weighted by Gasteiger charge is -2.13. The Morgan fingerprint density at radius 1 is 0.833 bits per heavy atom. The normalized spacial score (nSPS) is 12.1. The highest BCUT2D eigenvalue weighted by Gasteiger charge is 2.32. The largest absolute Gasteiger partial charge is 0.573 e. The van der Waals surface area contributed by atoms with E-state index in [4.69, 9.17) is 0 Å². The molecule has 0 aliphatic rings. The van der Waals surface area contributed by atoms with Gasteiger partial charge >= 0.3 is 12.5 Å². The van der Waals surface area contributed by atoms with Crippen LogP contribution >= 0.6 is 0 Å². The molecule has 0 aliphatic heterocycles. The molecule has 0 bridgehead atoms. The predicted molar refractivity (Wildman–Crippen MR) is 68.9 cm³/mol. The van der Waals surface area contributed by atoms with Crippen LogP contribution in [-0.2, 0) is 6.18 Å². The molecule has 0 spiro atoms. The molecule has 0 saturated heterocycles. The number of rotatable bonds is 3. The molecule has 0 unspecified atom stereocenters. The molecule has 2 nitrogen and oxygen atoms in total. The third kappa shape index (κ3) is 4.46. The lowest BCUT2D eigenvalue weighted by atomic mass is 10.0. The summed E-state index contributed by atoms with van der Waals surface area (Å²) < 4.78 is 92.0. The average Bonchev–Trinajstić information content (AvgIpc) is 2.43. The summed E-state index contributed by atoms with van der Waals surface area (Å²) in [5.74, 6) is -2.03. The van der Waals surface area contributed by atoms with Gasteiger partial charge in [-0.2, -0.15) is 13.2 Å². The summed E-state index contributed by atoms with van der Waals surface area (Å²) in [6.45, 7) is 0. The van der Waals surface area contributed by atoms with E-state index in [1.54, 1.807) is 0 Å². The van der Waals surface area contributed by atoms with Crippen LogP contribution in [0.25, 0.3) is 11.1 Å². The van der Waals surface area contributed by atoms with Gasteiger partial charge in [-0.15, -0.1) is 13.2 Å². The number of alkyl halides is 6. The Morgan fingerprint density at radius 3 is 2.00 bits per heavy atom. The molecule has 0 atom stereocenters. The van der Waals surface area contributed by atoms with Gasteiger partial charge in [0.15, 0.2) is 0 Å². The Bertz CT molecular complexity index is 763. The second-order valence-corrected chi connectivity index (χ2v) is 4.68. The van der Waals surface area contributed by atoms with E-state index in [2.05, 4.69) is 4.74 Å². The fourth-order valence-corrected chi connectivity index (χ4v) is 1.97. The van der Waals surface area contributed by atoms with Crippen LogP contribution in [0.5, 0.6) is 5.75 Å². The zero-order valence-corrected chi connectivity index (χ0v) is 11.5. The van der Waals surface area contributed by atoms with Gasteiger partial charge in [0.2, 0.25) is 0 Å². The lowest BCUT2D eigenvalue weighted by molar-refractivity contribution is -0.274. The van der Waals surface area contributed by atoms with Crippen LogP contribution in [-0.4, -0.2) is 12.6 Å². The van der Waals surface area contributed by atoms with Crippen molar-refractivity contribution >= 4 is 6.29 Å². The molecule has 9 heteroatoms. The van der Waals surface area contributed by atoms with Crippen LogP contribution in [0.4, 0.5) is 30.7 Å². The summed E-state index contributed by atoms with van der Waals surface area (Å²) in [4.78, 5) is 10.8. The number of halogens is 7. The highest BCUT2D eigenvalue weighted by Crippen LogP contribution is 2.35. The minimum Gasteiger partial charge on any atom is -0.406 e. The molecule has 0 fully saturated rings. The van der Waals surface area contributed by atoms with E-state index in [0.717, 1.165) is 18.2 Å². The fraction of sp³-hybridized carbons (Fsp3) is 0.133. The molecular formula is C15H7F7O2. The van der Waals surface area contributed by atoms with Crippen molar-refractivity contribution in [3.05, 3.63) is 53.3 Å². The molecule has 0 aliphatic carbocycles. The zero-order chi connectivity index (χ0) is 18.1.